The van der Waals surface area contributed by atoms with Crippen LogP contribution >= 0.6 is 0 Å². The van der Waals surface area contributed by atoms with Crippen LogP contribution in [-0.4, -0.2) is 73.2 Å². The lowest BCUT2D eigenvalue weighted by atomic mass is 9.77. The first kappa shape index (κ1) is 20.9. The summed E-state index contributed by atoms with van der Waals surface area (Å²) in [6.07, 6.45) is -0.529. The minimum Gasteiger partial charge on any atom is -0.462 e. The predicted octanol–water partition coefficient (Wildman–Crippen LogP) is 1.53. The number of hydrogen-bond donors (Lipinski definition) is 0. The fraction of sp³-hybridized carbons (Fsp3) is 0.875. The average Bonchev–Trinajstić information content (AvgIpc) is 2.33. The van der Waals surface area contributed by atoms with E-state index in [-0.39, 0.29) is 12.2 Å². The van der Waals surface area contributed by atoms with E-state index in [1.54, 1.807) is 79.5 Å². The van der Waals surface area contributed by atoms with Gasteiger partial charge in [-0.2, -0.15) is 0 Å². The summed E-state index contributed by atoms with van der Waals surface area (Å²) in [5.74, 6) is -0.909. The molecule has 2 unspecified atom stereocenters. The molecule has 0 aromatic carbocycles. The van der Waals surface area contributed by atoms with Crippen molar-refractivity contribution < 1.29 is 19.1 Å². The van der Waals surface area contributed by atoms with Crippen LogP contribution in [0.5, 0.6) is 0 Å². The molecule has 0 heterocycles. The Morgan fingerprint density at radius 2 is 0.955 bits per heavy atom. The Balaban J connectivity index is 6.02. The first-order valence-corrected chi connectivity index (χ1v) is 7.58. The third kappa shape index (κ3) is 3.79. The van der Waals surface area contributed by atoms with Gasteiger partial charge in [-0.25, -0.2) is 9.59 Å². The lowest BCUT2D eigenvalue weighted by Gasteiger charge is -2.49. The van der Waals surface area contributed by atoms with E-state index in [2.05, 4.69) is 0 Å². The number of ether oxygens (including phenoxy) is 2. The lowest BCUT2D eigenvalue weighted by molar-refractivity contribution is -0.185. The Morgan fingerprint density at radius 3 is 1.09 bits per heavy atom. The first-order chi connectivity index (χ1) is 9.81. The van der Waals surface area contributed by atoms with Crippen molar-refractivity contribution in [3.05, 3.63) is 0 Å². The van der Waals surface area contributed by atoms with Crippen LogP contribution in [0.4, 0.5) is 0 Å². The summed E-state index contributed by atoms with van der Waals surface area (Å²) in [6, 6.07) is 0. The van der Waals surface area contributed by atoms with Gasteiger partial charge in [-0.15, -0.1) is 0 Å². The van der Waals surface area contributed by atoms with E-state index < -0.39 is 23.0 Å². The summed E-state index contributed by atoms with van der Waals surface area (Å²) in [5, 5.41) is 0. The van der Waals surface area contributed by atoms with Gasteiger partial charge in [0.2, 0.25) is 0 Å². The highest BCUT2D eigenvalue weighted by atomic mass is 16.6. The van der Waals surface area contributed by atoms with Crippen LogP contribution in [-0.2, 0) is 19.1 Å². The van der Waals surface area contributed by atoms with Crippen molar-refractivity contribution in [1.29, 1.82) is 0 Å². The van der Waals surface area contributed by atoms with E-state index in [0.29, 0.717) is 0 Å². The number of likely N-dealkylation sites (N-methyl/N-ethyl adjacent to an activating group) is 2. The largest absolute Gasteiger partial charge is 0.462 e. The molecule has 22 heavy (non-hydrogen) atoms. The van der Waals surface area contributed by atoms with E-state index in [0.717, 1.165) is 0 Å². The summed E-state index contributed by atoms with van der Waals surface area (Å²) in [6.45, 7) is 10.6. The van der Waals surface area contributed by atoms with Crippen molar-refractivity contribution in [2.45, 2.75) is 64.8 Å². The molecule has 0 saturated heterocycles. The molecule has 6 heteroatoms. The zero-order valence-corrected chi connectivity index (χ0v) is 15.7. The highest BCUT2D eigenvalue weighted by Crippen LogP contribution is 2.34. The maximum absolute atomic E-state index is 12.8. The SMILES string of the molecule is CC(C)OC(=O)C(C)(N(C)C)C(C)(C(=O)OC(C)C)N(C)C. The summed E-state index contributed by atoms with van der Waals surface area (Å²) in [5.41, 5.74) is -2.40. The van der Waals surface area contributed by atoms with Crippen LogP contribution in [0.3, 0.4) is 0 Å². The van der Waals surface area contributed by atoms with Crippen LogP contribution < -0.4 is 0 Å². The predicted molar refractivity (Wildman–Crippen MR) is 86.6 cm³/mol. The van der Waals surface area contributed by atoms with Gasteiger partial charge in [-0.1, -0.05) is 0 Å². The Kier molecular flexibility index (Phi) is 7.03. The summed E-state index contributed by atoms with van der Waals surface area (Å²) >= 11 is 0. The molecule has 2 atom stereocenters. The molecule has 0 radical (unpaired) electrons. The van der Waals surface area contributed by atoms with E-state index in [9.17, 15) is 9.59 Å². The van der Waals surface area contributed by atoms with Crippen molar-refractivity contribution in [2.24, 2.45) is 0 Å². The van der Waals surface area contributed by atoms with Crippen LogP contribution in [0.1, 0.15) is 41.5 Å². The highest BCUT2D eigenvalue weighted by molar-refractivity contribution is 5.94. The lowest BCUT2D eigenvalue weighted by Crippen LogP contribution is -2.73. The normalized spacial score (nSPS) is 17.5. The molecule has 0 spiro atoms. The quantitative estimate of drug-likeness (QED) is 0.664. The van der Waals surface area contributed by atoms with Crippen molar-refractivity contribution in [1.82, 2.24) is 9.80 Å². The van der Waals surface area contributed by atoms with E-state index >= 15 is 0 Å². The van der Waals surface area contributed by atoms with E-state index in [1.165, 1.54) is 0 Å². The minimum absolute atomic E-state index is 0.265. The molecule has 0 amide bonds. The van der Waals surface area contributed by atoms with Crippen LogP contribution in [0.2, 0.25) is 0 Å². The Morgan fingerprint density at radius 1 is 0.727 bits per heavy atom. The Labute approximate surface area is 134 Å². The van der Waals surface area contributed by atoms with Gasteiger partial charge in [0.05, 0.1) is 12.2 Å². The van der Waals surface area contributed by atoms with Gasteiger partial charge in [-0.05, 0) is 69.7 Å². The van der Waals surface area contributed by atoms with Gasteiger partial charge in [0.25, 0.3) is 0 Å². The van der Waals surface area contributed by atoms with Crippen molar-refractivity contribution >= 4 is 11.9 Å². The zero-order valence-electron chi connectivity index (χ0n) is 15.7. The molecule has 0 N–H and O–H groups in total. The van der Waals surface area contributed by atoms with Crippen LogP contribution in [0.25, 0.3) is 0 Å². The molecule has 0 aromatic rings. The van der Waals surface area contributed by atoms with Gasteiger partial charge >= 0.3 is 11.9 Å². The molecular formula is C16H32N2O4. The van der Waals surface area contributed by atoms with Crippen molar-refractivity contribution in [3.63, 3.8) is 0 Å². The van der Waals surface area contributed by atoms with Crippen molar-refractivity contribution in [2.75, 3.05) is 28.2 Å². The standard InChI is InChI=1S/C16H32N2O4/c1-11(2)21-13(19)15(5,17(7)8)16(6,18(9)10)14(20)22-12(3)4/h11-12H,1-10H3. The molecule has 0 rings (SSSR count). The summed E-state index contributed by atoms with van der Waals surface area (Å²) < 4.78 is 10.8. The molecule has 0 bridgehead atoms. The van der Waals surface area contributed by atoms with Gasteiger partial charge in [0.15, 0.2) is 0 Å². The Hall–Kier alpha value is -1.14. The van der Waals surface area contributed by atoms with Crippen molar-refractivity contribution in [3.8, 4) is 0 Å². The van der Waals surface area contributed by atoms with Gasteiger partial charge in [0.1, 0.15) is 11.1 Å². The molecule has 0 fully saturated rings. The Bertz CT molecular complexity index is 369. The summed E-state index contributed by atoms with van der Waals surface area (Å²) in [4.78, 5) is 28.9. The molecule has 0 aromatic heterocycles. The fourth-order valence-electron chi connectivity index (χ4n) is 2.29. The number of carbonyl (C=O) groups excluding carboxylic acids is 2. The molecule has 0 aliphatic rings. The van der Waals surface area contributed by atoms with E-state index in [1.807, 2.05) is 0 Å². The second-order valence-electron chi connectivity index (χ2n) is 6.84. The van der Waals surface area contributed by atoms with Gasteiger partial charge in [-0.3, -0.25) is 9.80 Å². The van der Waals surface area contributed by atoms with Gasteiger partial charge in [0, 0.05) is 0 Å². The molecule has 130 valence electrons. The van der Waals surface area contributed by atoms with E-state index in [4.69, 9.17) is 9.47 Å². The van der Waals surface area contributed by atoms with Gasteiger partial charge < -0.3 is 9.47 Å². The highest BCUT2D eigenvalue weighted by Gasteiger charge is 2.60. The second-order valence-corrected chi connectivity index (χ2v) is 6.84. The molecule has 0 aliphatic carbocycles. The molecule has 0 aliphatic heterocycles. The molecule has 0 saturated carbocycles. The number of hydrogen-bond acceptors (Lipinski definition) is 6. The van der Waals surface area contributed by atoms with Crippen LogP contribution in [0.15, 0.2) is 0 Å². The fourth-order valence-corrected chi connectivity index (χ4v) is 2.29. The third-order valence-corrected chi connectivity index (χ3v) is 4.22. The second kappa shape index (κ2) is 7.42. The maximum atomic E-state index is 12.8. The number of rotatable bonds is 7. The average molecular weight is 316 g/mol. The topological polar surface area (TPSA) is 59.1 Å². The number of carbonyl (C=O) groups is 2. The summed E-state index contributed by atoms with van der Waals surface area (Å²) in [7, 11) is 7.02. The maximum Gasteiger partial charge on any atom is 0.329 e. The molecule has 6 nitrogen and oxygen atoms in total. The number of nitrogens with zero attached hydrogens (tertiary/aromatic N) is 2. The third-order valence-electron chi connectivity index (χ3n) is 4.22. The zero-order chi connectivity index (χ0) is 17.9. The minimum atomic E-state index is -1.20. The smallest absolute Gasteiger partial charge is 0.329 e. The monoisotopic (exact) mass is 316 g/mol. The first-order valence-electron chi connectivity index (χ1n) is 7.58. The molecular weight excluding hydrogens is 284 g/mol. The van der Waals surface area contributed by atoms with Crippen LogP contribution in [0, 0.1) is 0 Å². The number of esters is 2.